The van der Waals surface area contributed by atoms with Gasteiger partial charge >= 0.3 is 5.97 Å². The van der Waals surface area contributed by atoms with Gasteiger partial charge < -0.3 is 33.3 Å². The molecule has 0 rings (SSSR count). The van der Waals surface area contributed by atoms with Crippen LogP contribution in [-0.2, 0) is 33.2 Å². The molecule has 0 N–H and O–H groups in total. The van der Waals surface area contributed by atoms with Gasteiger partial charge in [-0.3, -0.25) is 4.79 Å². The van der Waals surface area contributed by atoms with Gasteiger partial charge in [-0.2, -0.15) is 0 Å². The summed E-state index contributed by atoms with van der Waals surface area (Å²) in [6.45, 7) is 8.82. The fraction of sp³-hybridized carbons (Fsp3) is 0.955. The average Bonchev–Trinajstić information content (AvgIpc) is 2.72. The van der Waals surface area contributed by atoms with Gasteiger partial charge in [-0.25, -0.2) is 0 Å². The summed E-state index contributed by atoms with van der Waals surface area (Å²) < 4.78 is 32.2. The second-order valence-corrected chi connectivity index (χ2v) is 7.25. The molecule has 0 unspecified atom stereocenters. The molecule has 30 heavy (non-hydrogen) atoms. The Labute approximate surface area is 183 Å². The minimum absolute atomic E-state index is 0.135. The number of rotatable bonds is 24. The zero-order chi connectivity index (χ0) is 22.1. The van der Waals surface area contributed by atoms with Crippen molar-refractivity contribution in [2.24, 2.45) is 0 Å². The van der Waals surface area contributed by atoms with Gasteiger partial charge in [0.25, 0.3) is 0 Å². The van der Waals surface area contributed by atoms with Crippen LogP contribution in [-0.4, -0.2) is 104 Å². The summed E-state index contributed by atoms with van der Waals surface area (Å²) >= 11 is 0. The molecular weight excluding hydrogens is 390 g/mol. The molecular formula is C22H45NO7. The molecule has 8 heteroatoms. The lowest BCUT2D eigenvalue weighted by atomic mass is 10.1. The lowest BCUT2D eigenvalue weighted by Crippen LogP contribution is -2.19. The highest BCUT2D eigenvalue weighted by Gasteiger charge is 2.02. The molecule has 0 atom stereocenters. The fourth-order valence-electron chi connectivity index (χ4n) is 2.39. The van der Waals surface area contributed by atoms with Crippen molar-refractivity contribution in [3.05, 3.63) is 0 Å². The van der Waals surface area contributed by atoms with Crippen LogP contribution in [0.5, 0.6) is 0 Å². The summed E-state index contributed by atoms with van der Waals surface area (Å²) in [5.41, 5.74) is 0. The number of hydrogen-bond donors (Lipinski definition) is 0. The third-order valence-electron chi connectivity index (χ3n) is 4.15. The molecule has 0 fully saturated rings. The molecule has 0 aromatic heterocycles. The Morgan fingerprint density at radius 3 is 1.50 bits per heavy atom. The number of esters is 1. The van der Waals surface area contributed by atoms with Gasteiger partial charge in [0, 0.05) is 13.0 Å². The Balaban J connectivity index is 3.10. The Bertz CT molecular complexity index is 356. The molecule has 0 aromatic carbocycles. The third kappa shape index (κ3) is 25.3. The van der Waals surface area contributed by atoms with Gasteiger partial charge in [0.05, 0.1) is 66.1 Å². The van der Waals surface area contributed by atoms with Crippen LogP contribution >= 0.6 is 0 Å². The molecule has 0 saturated carbocycles. The summed E-state index contributed by atoms with van der Waals surface area (Å²) in [7, 11) is 4.04. The molecule has 0 radical (unpaired) electrons. The van der Waals surface area contributed by atoms with Crippen LogP contribution < -0.4 is 0 Å². The van der Waals surface area contributed by atoms with Crippen molar-refractivity contribution in [2.75, 3.05) is 93.3 Å². The van der Waals surface area contributed by atoms with E-state index < -0.39 is 0 Å². The maximum Gasteiger partial charge on any atom is 0.305 e. The van der Waals surface area contributed by atoms with Crippen LogP contribution in [0.3, 0.4) is 0 Å². The highest BCUT2D eigenvalue weighted by atomic mass is 16.6. The fourth-order valence-corrected chi connectivity index (χ4v) is 2.39. The minimum atomic E-state index is -0.135. The van der Waals surface area contributed by atoms with Gasteiger partial charge in [-0.05, 0) is 20.5 Å². The quantitative estimate of drug-likeness (QED) is 0.169. The van der Waals surface area contributed by atoms with Gasteiger partial charge in [-0.1, -0.05) is 32.6 Å². The summed E-state index contributed by atoms with van der Waals surface area (Å²) in [4.78, 5) is 13.6. The number of nitrogens with zero attached hydrogens (tertiary/aromatic N) is 1. The lowest BCUT2D eigenvalue weighted by molar-refractivity contribution is -0.145. The van der Waals surface area contributed by atoms with Crippen LogP contribution in [0.1, 0.15) is 45.4 Å². The molecule has 180 valence electrons. The second-order valence-electron chi connectivity index (χ2n) is 7.25. The lowest BCUT2D eigenvalue weighted by Gasteiger charge is -2.10. The van der Waals surface area contributed by atoms with Gasteiger partial charge in [0.1, 0.15) is 6.61 Å². The molecule has 0 aliphatic rings. The second kappa shape index (κ2) is 24.5. The maximum absolute atomic E-state index is 11.5. The highest BCUT2D eigenvalue weighted by Crippen LogP contribution is 2.05. The number of ether oxygens (including phenoxy) is 6. The Kier molecular flexibility index (Phi) is 23.9. The van der Waals surface area contributed by atoms with Crippen molar-refractivity contribution < 1.29 is 33.2 Å². The Hall–Kier alpha value is -0.770. The first kappa shape index (κ1) is 29.2. The van der Waals surface area contributed by atoms with Crippen LogP contribution in [0.25, 0.3) is 0 Å². The normalized spacial score (nSPS) is 11.3. The SMILES string of the molecule is CCCCCCCC(=O)OCCOCCOCCOCCOCCOCCN(C)C. The molecule has 0 amide bonds. The van der Waals surface area contributed by atoms with Crippen molar-refractivity contribution in [3.8, 4) is 0 Å². The molecule has 0 aliphatic carbocycles. The largest absolute Gasteiger partial charge is 0.463 e. The molecule has 0 bridgehead atoms. The first-order chi connectivity index (χ1) is 14.7. The molecule has 0 heterocycles. The first-order valence-corrected chi connectivity index (χ1v) is 11.4. The molecule has 0 saturated heterocycles. The number of unbranched alkanes of at least 4 members (excludes halogenated alkanes) is 4. The Morgan fingerprint density at radius 2 is 1.03 bits per heavy atom. The van der Waals surface area contributed by atoms with E-state index in [9.17, 15) is 4.79 Å². The maximum atomic E-state index is 11.5. The van der Waals surface area contributed by atoms with Crippen molar-refractivity contribution in [1.82, 2.24) is 4.90 Å². The third-order valence-corrected chi connectivity index (χ3v) is 4.15. The van der Waals surface area contributed by atoms with Gasteiger partial charge in [0.2, 0.25) is 0 Å². The minimum Gasteiger partial charge on any atom is -0.463 e. The van der Waals surface area contributed by atoms with E-state index >= 15 is 0 Å². The van der Waals surface area contributed by atoms with E-state index in [1.165, 1.54) is 19.3 Å². The van der Waals surface area contributed by atoms with Crippen molar-refractivity contribution in [3.63, 3.8) is 0 Å². The number of likely N-dealkylation sites (N-methyl/N-ethyl adjacent to an activating group) is 1. The number of carbonyl (C=O) groups is 1. The predicted molar refractivity (Wildman–Crippen MR) is 117 cm³/mol. The van der Waals surface area contributed by atoms with Crippen LogP contribution in [0, 0.1) is 0 Å². The number of carbonyl (C=O) groups excluding carboxylic acids is 1. The zero-order valence-corrected chi connectivity index (χ0v) is 19.5. The zero-order valence-electron chi connectivity index (χ0n) is 19.5. The predicted octanol–water partition coefficient (Wildman–Crippen LogP) is 2.53. The molecule has 0 aliphatic heterocycles. The van der Waals surface area contributed by atoms with E-state index in [1.807, 2.05) is 14.1 Å². The van der Waals surface area contributed by atoms with E-state index in [1.54, 1.807) is 0 Å². The van der Waals surface area contributed by atoms with Crippen LogP contribution in [0.4, 0.5) is 0 Å². The Morgan fingerprint density at radius 1 is 0.600 bits per heavy atom. The topological polar surface area (TPSA) is 75.7 Å². The average molecular weight is 436 g/mol. The summed E-state index contributed by atoms with van der Waals surface area (Å²) in [6, 6.07) is 0. The van der Waals surface area contributed by atoms with E-state index in [2.05, 4.69) is 11.8 Å². The summed E-state index contributed by atoms with van der Waals surface area (Å²) in [5, 5.41) is 0. The number of hydrogen-bond acceptors (Lipinski definition) is 8. The standard InChI is InChI=1S/C22H45NO7/c1-4-5-6-7-8-9-22(24)30-21-20-29-19-18-28-17-16-27-15-14-26-13-12-25-11-10-23(2)3/h4-21H2,1-3H3. The smallest absolute Gasteiger partial charge is 0.305 e. The van der Waals surface area contributed by atoms with Crippen LogP contribution in [0.15, 0.2) is 0 Å². The van der Waals surface area contributed by atoms with Gasteiger partial charge in [0.15, 0.2) is 0 Å². The van der Waals surface area contributed by atoms with Crippen molar-refractivity contribution >= 4 is 5.97 Å². The monoisotopic (exact) mass is 435 g/mol. The van der Waals surface area contributed by atoms with E-state index in [4.69, 9.17) is 28.4 Å². The van der Waals surface area contributed by atoms with Crippen molar-refractivity contribution in [2.45, 2.75) is 45.4 Å². The first-order valence-electron chi connectivity index (χ1n) is 11.4. The summed E-state index contributed by atoms with van der Waals surface area (Å²) in [5.74, 6) is -0.135. The summed E-state index contributed by atoms with van der Waals surface area (Å²) in [6.07, 6.45) is 6.15. The van der Waals surface area contributed by atoms with Crippen LogP contribution in [0.2, 0.25) is 0 Å². The van der Waals surface area contributed by atoms with Gasteiger partial charge in [-0.15, -0.1) is 0 Å². The van der Waals surface area contributed by atoms with Crippen molar-refractivity contribution in [1.29, 1.82) is 0 Å². The molecule has 0 aromatic rings. The van der Waals surface area contributed by atoms with E-state index in [0.29, 0.717) is 72.5 Å². The van der Waals surface area contributed by atoms with E-state index in [0.717, 1.165) is 26.0 Å². The molecule has 8 nitrogen and oxygen atoms in total. The highest BCUT2D eigenvalue weighted by molar-refractivity contribution is 5.69. The van der Waals surface area contributed by atoms with E-state index in [-0.39, 0.29) is 5.97 Å². The molecule has 0 spiro atoms.